The molecule has 2 heterocycles. The van der Waals surface area contributed by atoms with Crippen LogP contribution in [0, 0.1) is 5.82 Å². The quantitative estimate of drug-likeness (QED) is 0.860. The summed E-state index contributed by atoms with van der Waals surface area (Å²) >= 11 is 0. The molecular weight excluding hydrogens is 249 g/mol. The number of carboxylic acid groups (broad SMARTS) is 1. The fraction of sp³-hybridized carbons (Fsp3) is 0.154. The SMILES string of the molecule is O=C(O)c1ccnc(NCCc2ccncc2)c1F. The van der Waals surface area contributed by atoms with Crippen molar-refractivity contribution in [3.8, 4) is 0 Å². The lowest BCUT2D eigenvalue weighted by Gasteiger charge is -2.07. The van der Waals surface area contributed by atoms with E-state index in [0.717, 1.165) is 11.6 Å². The highest BCUT2D eigenvalue weighted by Crippen LogP contribution is 2.14. The molecule has 19 heavy (non-hydrogen) atoms. The van der Waals surface area contributed by atoms with Gasteiger partial charge < -0.3 is 10.4 Å². The Balaban J connectivity index is 2.00. The molecule has 0 atom stereocenters. The van der Waals surface area contributed by atoms with Crippen molar-refractivity contribution in [3.63, 3.8) is 0 Å². The van der Waals surface area contributed by atoms with Crippen molar-refractivity contribution in [2.45, 2.75) is 6.42 Å². The van der Waals surface area contributed by atoms with E-state index < -0.39 is 11.8 Å². The summed E-state index contributed by atoms with van der Waals surface area (Å²) in [6.45, 7) is 0.455. The number of aromatic nitrogens is 2. The highest BCUT2D eigenvalue weighted by atomic mass is 19.1. The van der Waals surface area contributed by atoms with E-state index >= 15 is 0 Å². The molecule has 0 spiro atoms. The lowest BCUT2D eigenvalue weighted by molar-refractivity contribution is 0.0692. The number of pyridine rings is 2. The monoisotopic (exact) mass is 261 g/mol. The van der Waals surface area contributed by atoms with Crippen LogP contribution in [0.1, 0.15) is 15.9 Å². The Morgan fingerprint density at radius 1 is 1.26 bits per heavy atom. The molecule has 5 nitrogen and oxygen atoms in total. The number of rotatable bonds is 5. The Morgan fingerprint density at radius 2 is 2.00 bits per heavy atom. The third-order valence-electron chi connectivity index (χ3n) is 2.58. The van der Waals surface area contributed by atoms with Gasteiger partial charge in [0, 0.05) is 25.1 Å². The van der Waals surface area contributed by atoms with Gasteiger partial charge in [-0.2, -0.15) is 0 Å². The zero-order valence-corrected chi connectivity index (χ0v) is 10.0. The second kappa shape index (κ2) is 5.90. The minimum Gasteiger partial charge on any atom is -0.478 e. The highest BCUT2D eigenvalue weighted by Gasteiger charge is 2.14. The van der Waals surface area contributed by atoms with Crippen LogP contribution in [0.2, 0.25) is 0 Å². The maximum atomic E-state index is 13.7. The van der Waals surface area contributed by atoms with Crippen LogP contribution in [-0.4, -0.2) is 27.6 Å². The second-order valence-corrected chi connectivity index (χ2v) is 3.86. The molecule has 0 unspecified atom stereocenters. The normalized spacial score (nSPS) is 10.2. The first-order valence-corrected chi connectivity index (χ1v) is 5.69. The summed E-state index contributed by atoms with van der Waals surface area (Å²) in [5.74, 6) is -2.20. The molecule has 6 heteroatoms. The van der Waals surface area contributed by atoms with E-state index in [1.807, 2.05) is 12.1 Å². The van der Waals surface area contributed by atoms with Crippen LogP contribution in [-0.2, 0) is 6.42 Å². The fourth-order valence-corrected chi connectivity index (χ4v) is 1.61. The largest absolute Gasteiger partial charge is 0.478 e. The Labute approximate surface area is 109 Å². The van der Waals surface area contributed by atoms with E-state index in [4.69, 9.17) is 5.11 Å². The molecule has 98 valence electrons. The Hall–Kier alpha value is -2.50. The number of carboxylic acids is 1. The summed E-state index contributed by atoms with van der Waals surface area (Å²) in [6, 6.07) is 4.85. The van der Waals surface area contributed by atoms with Gasteiger partial charge in [-0.05, 0) is 30.2 Å². The van der Waals surface area contributed by atoms with Crippen LogP contribution in [0.5, 0.6) is 0 Å². The maximum absolute atomic E-state index is 13.7. The van der Waals surface area contributed by atoms with E-state index in [1.165, 1.54) is 6.20 Å². The molecule has 0 saturated carbocycles. The average Bonchev–Trinajstić information content (AvgIpc) is 2.41. The molecule has 2 aromatic heterocycles. The van der Waals surface area contributed by atoms with Crippen LogP contribution in [0.4, 0.5) is 10.2 Å². The van der Waals surface area contributed by atoms with Gasteiger partial charge >= 0.3 is 5.97 Å². The van der Waals surface area contributed by atoms with Gasteiger partial charge in [0.2, 0.25) is 0 Å². The first-order chi connectivity index (χ1) is 9.18. The van der Waals surface area contributed by atoms with Gasteiger partial charge in [-0.1, -0.05) is 0 Å². The summed E-state index contributed by atoms with van der Waals surface area (Å²) in [6.07, 6.45) is 5.29. The highest BCUT2D eigenvalue weighted by molar-refractivity contribution is 5.88. The summed E-state index contributed by atoms with van der Waals surface area (Å²) in [7, 11) is 0. The molecule has 2 N–H and O–H groups in total. The lowest BCUT2D eigenvalue weighted by atomic mass is 10.2. The van der Waals surface area contributed by atoms with E-state index in [0.29, 0.717) is 13.0 Å². The summed E-state index contributed by atoms with van der Waals surface area (Å²) in [4.78, 5) is 18.5. The number of nitrogens with one attached hydrogen (secondary N) is 1. The van der Waals surface area contributed by atoms with Gasteiger partial charge in [-0.3, -0.25) is 4.98 Å². The van der Waals surface area contributed by atoms with Crippen molar-refractivity contribution in [2.24, 2.45) is 0 Å². The third kappa shape index (κ3) is 3.25. The van der Waals surface area contributed by atoms with Crippen LogP contribution >= 0.6 is 0 Å². The smallest absolute Gasteiger partial charge is 0.338 e. The summed E-state index contributed by atoms with van der Waals surface area (Å²) < 4.78 is 13.7. The van der Waals surface area contributed by atoms with E-state index in [-0.39, 0.29) is 11.4 Å². The number of hydrogen-bond donors (Lipinski definition) is 2. The Bertz CT molecular complexity index is 575. The van der Waals surface area contributed by atoms with Crippen LogP contribution in [0.25, 0.3) is 0 Å². The molecule has 0 amide bonds. The van der Waals surface area contributed by atoms with Gasteiger partial charge in [-0.15, -0.1) is 0 Å². The molecule has 2 aromatic rings. The first-order valence-electron chi connectivity index (χ1n) is 5.69. The molecular formula is C13H12FN3O2. The minimum atomic E-state index is -1.31. The number of hydrogen-bond acceptors (Lipinski definition) is 4. The third-order valence-corrected chi connectivity index (χ3v) is 2.58. The molecule has 0 saturated heterocycles. The molecule has 0 aliphatic heterocycles. The number of carbonyl (C=O) groups is 1. The minimum absolute atomic E-state index is 0.0473. The van der Waals surface area contributed by atoms with Gasteiger partial charge in [0.25, 0.3) is 0 Å². The zero-order chi connectivity index (χ0) is 13.7. The van der Waals surface area contributed by atoms with Crippen molar-refractivity contribution < 1.29 is 14.3 Å². The summed E-state index contributed by atoms with van der Waals surface area (Å²) in [5.41, 5.74) is 0.665. The van der Waals surface area contributed by atoms with Crippen molar-refractivity contribution in [3.05, 3.63) is 53.7 Å². The number of anilines is 1. The van der Waals surface area contributed by atoms with Crippen molar-refractivity contribution in [1.29, 1.82) is 0 Å². The second-order valence-electron chi connectivity index (χ2n) is 3.86. The maximum Gasteiger partial charge on any atom is 0.338 e. The molecule has 0 fully saturated rings. The molecule has 0 radical (unpaired) electrons. The van der Waals surface area contributed by atoms with E-state index in [1.54, 1.807) is 12.4 Å². The number of aromatic carboxylic acids is 1. The van der Waals surface area contributed by atoms with Crippen LogP contribution in [0.3, 0.4) is 0 Å². The molecule has 0 aliphatic rings. The molecule has 0 bridgehead atoms. The predicted octanol–water partition coefficient (Wildman–Crippen LogP) is 1.97. The van der Waals surface area contributed by atoms with Gasteiger partial charge in [0.1, 0.15) is 5.56 Å². The van der Waals surface area contributed by atoms with Gasteiger partial charge in [-0.25, -0.2) is 14.2 Å². The van der Waals surface area contributed by atoms with Crippen molar-refractivity contribution in [2.75, 3.05) is 11.9 Å². The molecule has 2 rings (SSSR count). The van der Waals surface area contributed by atoms with E-state index in [9.17, 15) is 9.18 Å². The number of halogens is 1. The number of nitrogens with zero attached hydrogens (tertiary/aromatic N) is 2. The van der Waals surface area contributed by atoms with E-state index in [2.05, 4.69) is 15.3 Å². The first kappa shape index (κ1) is 12.9. The topological polar surface area (TPSA) is 75.1 Å². The molecule has 0 aromatic carbocycles. The van der Waals surface area contributed by atoms with Gasteiger partial charge in [0.05, 0.1) is 0 Å². The van der Waals surface area contributed by atoms with Gasteiger partial charge in [0.15, 0.2) is 11.6 Å². The zero-order valence-electron chi connectivity index (χ0n) is 10.0. The van der Waals surface area contributed by atoms with Crippen LogP contribution < -0.4 is 5.32 Å². The summed E-state index contributed by atoms with van der Waals surface area (Å²) in [5, 5.41) is 11.6. The molecule has 0 aliphatic carbocycles. The van der Waals surface area contributed by atoms with Crippen molar-refractivity contribution >= 4 is 11.8 Å². The van der Waals surface area contributed by atoms with Crippen LogP contribution in [0.15, 0.2) is 36.8 Å². The fourth-order valence-electron chi connectivity index (χ4n) is 1.61. The lowest BCUT2D eigenvalue weighted by Crippen LogP contribution is -2.11. The Morgan fingerprint density at radius 3 is 2.68 bits per heavy atom. The van der Waals surface area contributed by atoms with Crippen molar-refractivity contribution in [1.82, 2.24) is 9.97 Å². The Kier molecular flexibility index (Phi) is 4.02. The predicted molar refractivity (Wildman–Crippen MR) is 67.6 cm³/mol. The standard InChI is InChI=1S/C13H12FN3O2/c14-11-10(13(18)19)4-8-17-12(11)16-7-3-9-1-5-15-6-2-9/h1-2,4-6,8H,3,7H2,(H,16,17)(H,18,19). The average molecular weight is 261 g/mol.